The maximum absolute atomic E-state index is 11.9. The second kappa shape index (κ2) is 5.74. The van der Waals surface area contributed by atoms with Gasteiger partial charge in [0, 0.05) is 10.0 Å². The lowest BCUT2D eigenvalue weighted by Gasteiger charge is -2.15. The molecule has 1 aromatic carbocycles. The fourth-order valence-corrected chi connectivity index (χ4v) is 2.80. The fraction of sp³-hybridized carbons (Fsp3) is 0.154. The van der Waals surface area contributed by atoms with E-state index in [0.717, 1.165) is 5.56 Å². The highest BCUT2D eigenvalue weighted by molar-refractivity contribution is 7.12. The van der Waals surface area contributed by atoms with Crippen molar-refractivity contribution >= 4 is 40.4 Å². The molecule has 0 unspecified atom stereocenters. The molecule has 1 heterocycles. The molecule has 0 aliphatic carbocycles. The Hall–Kier alpha value is -1.03. The monoisotopic (exact) mass is 299 g/mol. The van der Waals surface area contributed by atoms with Crippen molar-refractivity contribution in [3.63, 3.8) is 0 Å². The van der Waals surface area contributed by atoms with E-state index in [1.165, 1.54) is 11.3 Å². The van der Waals surface area contributed by atoms with E-state index in [1.54, 1.807) is 18.2 Å². The number of nitrogens with one attached hydrogen (secondary N) is 1. The summed E-state index contributed by atoms with van der Waals surface area (Å²) in [6, 6.07) is 8.73. The molecule has 0 spiro atoms. The molecule has 0 bridgehead atoms. The fourth-order valence-electron chi connectivity index (χ4n) is 1.61. The number of hydrogen-bond acceptors (Lipinski definition) is 2. The lowest BCUT2D eigenvalue weighted by Crippen LogP contribution is -2.26. The molecule has 1 aromatic heterocycles. The first-order valence-electron chi connectivity index (χ1n) is 5.37. The minimum atomic E-state index is -0.163. The average Bonchev–Trinajstić information content (AvgIpc) is 2.81. The normalized spacial score (nSPS) is 12.2. The van der Waals surface area contributed by atoms with Gasteiger partial charge < -0.3 is 5.32 Å². The summed E-state index contributed by atoms with van der Waals surface area (Å²) in [6.07, 6.45) is 0. The highest BCUT2D eigenvalue weighted by Crippen LogP contribution is 2.26. The molecule has 0 fully saturated rings. The number of amides is 1. The van der Waals surface area contributed by atoms with Crippen LogP contribution in [0.15, 0.2) is 35.7 Å². The first kappa shape index (κ1) is 13.4. The minimum Gasteiger partial charge on any atom is -0.345 e. The number of halogens is 2. The quantitative estimate of drug-likeness (QED) is 0.885. The molecule has 0 aliphatic rings. The van der Waals surface area contributed by atoms with Gasteiger partial charge in [0.1, 0.15) is 0 Å². The molecule has 18 heavy (non-hydrogen) atoms. The van der Waals surface area contributed by atoms with Gasteiger partial charge in [0.05, 0.1) is 10.9 Å². The summed E-state index contributed by atoms with van der Waals surface area (Å²) in [6.45, 7) is 1.89. The maximum atomic E-state index is 11.9. The Balaban J connectivity index is 2.12. The Morgan fingerprint density at radius 1 is 1.33 bits per heavy atom. The summed E-state index contributed by atoms with van der Waals surface area (Å²) in [7, 11) is 0. The first-order chi connectivity index (χ1) is 8.58. The third kappa shape index (κ3) is 3.05. The van der Waals surface area contributed by atoms with Gasteiger partial charge in [-0.1, -0.05) is 35.3 Å². The van der Waals surface area contributed by atoms with Crippen molar-refractivity contribution in [1.82, 2.24) is 5.32 Å². The highest BCUT2D eigenvalue weighted by atomic mass is 35.5. The van der Waals surface area contributed by atoms with E-state index in [0.29, 0.717) is 14.9 Å². The van der Waals surface area contributed by atoms with Gasteiger partial charge in [-0.15, -0.1) is 11.3 Å². The van der Waals surface area contributed by atoms with Crippen molar-refractivity contribution in [2.24, 2.45) is 0 Å². The van der Waals surface area contributed by atoms with Gasteiger partial charge in [-0.2, -0.15) is 0 Å². The second-order valence-electron chi connectivity index (χ2n) is 3.84. The van der Waals surface area contributed by atoms with Crippen molar-refractivity contribution in [1.29, 1.82) is 0 Å². The van der Waals surface area contributed by atoms with Crippen molar-refractivity contribution in [2.75, 3.05) is 0 Å². The van der Waals surface area contributed by atoms with Gasteiger partial charge in [-0.05, 0) is 36.1 Å². The molecule has 2 aromatic rings. The Labute approximate surface area is 120 Å². The van der Waals surface area contributed by atoms with E-state index in [2.05, 4.69) is 5.32 Å². The SMILES string of the molecule is C[C@H](NC(=O)c1cccs1)c1ccc(Cl)cc1Cl. The van der Waals surface area contributed by atoms with E-state index in [-0.39, 0.29) is 11.9 Å². The summed E-state index contributed by atoms with van der Waals surface area (Å²) >= 11 is 13.3. The molecule has 1 amide bonds. The molecule has 2 nitrogen and oxygen atoms in total. The zero-order valence-electron chi connectivity index (χ0n) is 9.61. The standard InChI is InChI=1S/C13H11Cl2NOS/c1-8(10-5-4-9(14)7-11(10)15)16-13(17)12-3-2-6-18-12/h2-8H,1H3,(H,16,17)/t8-/m0/s1. The molecule has 2 rings (SSSR count). The third-order valence-corrected chi connectivity index (χ3v) is 3.95. The Bertz CT molecular complexity index is 554. The van der Waals surface area contributed by atoms with Crippen LogP contribution in [0.25, 0.3) is 0 Å². The Morgan fingerprint density at radius 3 is 2.72 bits per heavy atom. The molecule has 0 saturated carbocycles. The van der Waals surface area contributed by atoms with Crippen molar-refractivity contribution in [3.8, 4) is 0 Å². The number of carbonyl (C=O) groups excluding carboxylic acids is 1. The molecular formula is C13H11Cl2NOS. The smallest absolute Gasteiger partial charge is 0.261 e. The second-order valence-corrected chi connectivity index (χ2v) is 5.63. The van der Waals surface area contributed by atoms with Crippen LogP contribution in [-0.2, 0) is 0 Å². The molecule has 1 N–H and O–H groups in total. The largest absolute Gasteiger partial charge is 0.345 e. The first-order valence-corrected chi connectivity index (χ1v) is 7.01. The van der Waals surface area contributed by atoms with E-state index in [4.69, 9.17) is 23.2 Å². The summed E-state index contributed by atoms with van der Waals surface area (Å²) < 4.78 is 0. The zero-order valence-corrected chi connectivity index (χ0v) is 11.9. The molecule has 94 valence electrons. The number of carbonyl (C=O) groups is 1. The van der Waals surface area contributed by atoms with Crippen LogP contribution in [0.1, 0.15) is 28.2 Å². The molecule has 0 saturated heterocycles. The molecule has 1 atom stereocenters. The lowest BCUT2D eigenvalue weighted by molar-refractivity contribution is 0.0944. The average molecular weight is 300 g/mol. The van der Waals surface area contributed by atoms with Gasteiger partial charge in [-0.3, -0.25) is 4.79 Å². The van der Waals surface area contributed by atoms with Gasteiger partial charge in [0.25, 0.3) is 5.91 Å². The third-order valence-electron chi connectivity index (χ3n) is 2.52. The van der Waals surface area contributed by atoms with E-state index < -0.39 is 0 Å². The van der Waals surface area contributed by atoms with Crippen LogP contribution in [0.3, 0.4) is 0 Å². The number of rotatable bonds is 3. The van der Waals surface area contributed by atoms with Crippen LogP contribution >= 0.6 is 34.5 Å². The number of thiophene rings is 1. The molecule has 0 radical (unpaired) electrons. The van der Waals surface area contributed by atoms with Gasteiger partial charge in [0.2, 0.25) is 0 Å². The topological polar surface area (TPSA) is 29.1 Å². The van der Waals surface area contributed by atoms with Gasteiger partial charge in [-0.25, -0.2) is 0 Å². The van der Waals surface area contributed by atoms with E-state index in [1.807, 2.05) is 24.4 Å². The predicted octanol–water partition coefficient (Wildman–Crippen LogP) is 4.55. The number of hydrogen-bond donors (Lipinski definition) is 1. The maximum Gasteiger partial charge on any atom is 0.261 e. The Morgan fingerprint density at radius 2 is 2.11 bits per heavy atom. The summed E-state index contributed by atoms with van der Waals surface area (Å²) in [4.78, 5) is 12.6. The summed E-state index contributed by atoms with van der Waals surface area (Å²) in [5.74, 6) is -0.0940. The van der Waals surface area contributed by atoms with Crippen LogP contribution in [0.2, 0.25) is 10.0 Å². The zero-order chi connectivity index (χ0) is 13.1. The minimum absolute atomic E-state index is 0.0940. The van der Waals surface area contributed by atoms with Crippen LogP contribution in [-0.4, -0.2) is 5.91 Å². The van der Waals surface area contributed by atoms with Crippen molar-refractivity contribution in [2.45, 2.75) is 13.0 Å². The Kier molecular flexibility index (Phi) is 4.27. The predicted molar refractivity (Wildman–Crippen MR) is 76.7 cm³/mol. The molecular weight excluding hydrogens is 289 g/mol. The number of benzene rings is 1. The highest BCUT2D eigenvalue weighted by Gasteiger charge is 2.14. The summed E-state index contributed by atoms with van der Waals surface area (Å²) in [5, 5.41) is 5.91. The molecule has 5 heteroatoms. The van der Waals surface area contributed by atoms with Crippen LogP contribution in [0.5, 0.6) is 0 Å². The van der Waals surface area contributed by atoms with Gasteiger partial charge in [0.15, 0.2) is 0 Å². The van der Waals surface area contributed by atoms with Gasteiger partial charge >= 0.3 is 0 Å². The van der Waals surface area contributed by atoms with Crippen LogP contribution in [0.4, 0.5) is 0 Å². The lowest BCUT2D eigenvalue weighted by atomic mass is 10.1. The molecule has 0 aliphatic heterocycles. The van der Waals surface area contributed by atoms with Crippen LogP contribution < -0.4 is 5.32 Å². The van der Waals surface area contributed by atoms with E-state index in [9.17, 15) is 4.79 Å². The van der Waals surface area contributed by atoms with Crippen molar-refractivity contribution < 1.29 is 4.79 Å². The summed E-state index contributed by atoms with van der Waals surface area (Å²) in [5.41, 5.74) is 0.853. The van der Waals surface area contributed by atoms with Crippen molar-refractivity contribution in [3.05, 3.63) is 56.2 Å². The van der Waals surface area contributed by atoms with Crippen LogP contribution in [0, 0.1) is 0 Å². The van der Waals surface area contributed by atoms with E-state index >= 15 is 0 Å².